The molecule has 2 amide bonds. The number of furan rings is 1. The molecule has 0 radical (unpaired) electrons. The molecule has 0 fully saturated rings. The maximum atomic E-state index is 13.7. The number of carbonyl (C=O) groups is 2. The van der Waals surface area contributed by atoms with Gasteiger partial charge in [-0.3, -0.25) is 9.59 Å². The molecule has 1 aromatic carbocycles. The summed E-state index contributed by atoms with van der Waals surface area (Å²) in [4.78, 5) is 26.2. The lowest BCUT2D eigenvalue weighted by molar-refractivity contribution is -0.133. The van der Waals surface area contributed by atoms with E-state index in [0.717, 1.165) is 0 Å². The van der Waals surface area contributed by atoms with E-state index in [1.807, 2.05) is 13.8 Å². The fraction of sp³-hybridized carbons (Fsp3) is 0.333. The second-order valence-corrected chi connectivity index (χ2v) is 5.96. The molecule has 5 nitrogen and oxygen atoms in total. The standard InChI is InChI=1S/C18H21FN2O3/c1-12(2)16(20-17(22)15-9-6-10-24-15)18(23)21(3)11-13-7-4-5-8-14(13)19/h4-10,12,16H,11H2,1-3H3,(H,20,22). The molecule has 1 atom stereocenters. The van der Waals surface area contributed by atoms with Crippen molar-refractivity contribution in [1.82, 2.24) is 10.2 Å². The van der Waals surface area contributed by atoms with Crippen molar-refractivity contribution in [3.05, 3.63) is 59.8 Å². The highest BCUT2D eigenvalue weighted by Gasteiger charge is 2.28. The van der Waals surface area contributed by atoms with Gasteiger partial charge in [0, 0.05) is 19.2 Å². The van der Waals surface area contributed by atoms with E-state index >= 15 is 0 Å². The Labute approximate surface area is 140 Å². The first kappa shape index (κ1) is 17.7. The summed E-state index contributed by atoms with van der Waals surface area (Å²) in [6, 6.07) is 8.71. The minimum atomic E-state index is -0.723. The molecule has 1 N–H and O–H groups in total. The van der Waals surface area contributed by atoms with E-state index < -0.39 is 11.9 Å². The fourth-order valence-corrected chi connectivity index (χ4v) is 2.33. The van der Waals surface area contributed by atoms with Gasteiger partial charge in [0.2, 0.25) is 5.91 Å². The Morgan fingerprint density at radius 3 is 2.50 bits per heavy atom. The molecular formula is C18H21FN2O3. The Morgan fingerprint density at radius 1 is 1.21 bits per heavy atom. The van der Waals surface area contributed by atoms with E-state index in [0.29, 0.717) is 5.56 Å². The van der Waals surface area contributed by atoms with Gasteiger partial charge >= 0.3 is 0 Å². The number of carbonyl (C=O) groups excluding carboxylic acids is 2. The van der Waals surface area contributed by atoms with Gasteiger partial charge in [-0.25, -0.2) is 4.39 Å². The van der Waals surface area contributed by atoms with Gasteiger partial charge in [-0.05, 0) is 24.1 Å². The lowest BCUT2D eigenvalue weighted by atomic mass is 10.0. The second kappa shape index (κ2) is 7.77. The number of hydrogen-bond acceptors (Lipinski definition) is 3. The number of likely N-dealkylation sites (N-methyl/N-ethyl adjacent to an activating group) is 1. The number of nitrogens with zero attached hydrogens (tertiary/aromatic N) is 1. The van der Waals surface area contributed by atoms with Crippen molar-refractivity contribution >= 4 is 11.8 Å². The van der Waals surface area contributed by atoms with E-state index in [9.17, 15) is 14.0 Å². The monoisotopic (exact) mass is 332 g/mol. The van der Waals surface area contributed by atoms with Crippen LogP contribution >= 0.6 is 0 Å². The average Bonchev–Trinajstić information content (AvgIpc) is 3.08. The molecule has 6 heteroatoms. The van der Waals surface area contributed by atoms with Gasteiger partial charge in [0.25, 0.3) is 5.91 Å². The van der Waals surface area contributed by atoms with Crippen LogP contribution in [0.15, 0.2) is 47.1 Å². The normalized spacial score (nSPS) is 12.0. The summed E-state index contributed by atoms with van der Waals surface area (Å²) in [5, 5.41) is 2.68. The van der Waals surface area contributed by atoms with Crippen LogP contribution in [0.4, 0.5) is 4.39 Å². The Kier molecular flexibility index (Phi) is 5.73. The van der Waals surface area contributed by atoms with Crippen LogP contribution in [0.3, 0.4) is 0 Å². The third kappa shape index (κ3) is 4.22. The van der Waals surface area contributed by atoms with E-state index in [1.54, 1.807) is 31.3 Å². The predicted octanol–water partition coefficient (Wildman–Crippen LogP) is 2.83. The first-order valence-electron chi connectivity index (χ1n) is 7.73. The van der Waals surface area contributed by atoms with Gasteiger partial charge < -0.3 is 14.6 Å². The maximum Gasteiger partial charge on any atom is 0.287 e. The van der Waals surface area contributed by atoms with Crippen molar-refractivity contribution < 1.29 is 18.4 Å². The summed E-state index contributed by atoms with van der Waals surface area (Å²) in [6.45, 7) is 3.80. The molecule has 0 aliphatic carbocycles. The molecule has 0 bridgehead atoms. The third-order valence-corrected chi connectivity index (χ3v) is 3.71. The minimum absolute atomic E-state index is 0.125. The highest BCUT2D eigenvalue weighted by molar-refractivity contribution is 5.95. The smallest absolute Gasteiger partial charge is 0.287 e. The topological polar surface area (TPSA) is 62.6 Å². The SMILES string of the molecule is CC(C)C(NC(=O)c1ccco1)C(=O)N(C)Cc1ccccc1F. The zero-order chi connectivity index (χ0) is 17.7. The van der Waals surface area contributed by atoms with Gasteiger partial charge in [-0.2, -0.15) is 0 Å². The second-order valence-electron chi connectivity index (χ2n) is 5.96. The molecule has 1 aromatic heterocycles. The Morgan fingerprint density at radius 2 is 1.92 bits per heavy atom. The Balaban J connectivity index is 2.08. The quantitative estimate of drug-likeness (QED) is 0.885. The zero-order valence-corrected chi connectivity index (χ0v) is 14.0. The van der Waals surface area contributed by atoms with Gasteiger partial charge in [0.1, 0.15) is 11.9 Å². The molecule has 1 heterocycles. The lowest BCUT2D eigenvalue weighted by Crippen LogP contribution is -2.50. The van der Waals surface area contributed by atoms with Crippen molar-refractivity contribution in [3.63, 3.8) is 0 Å². The molecule has 1 unspecified atom stereocenters. The Bertz CT molecular complexity index is 698. The zero-order valence-electron chi connectivity index (χ0n) is 14.0. The first-order valence-corrected chi connectivity index (χ1v) is 7.73. The molecule has 24 heavy (non-hydrogen) atoms. The molecule has 0 saturated carbocycles. The molecule has 128 valence electrons. The van der Waals surface area contributed by atoms with E-state index in [1.165, 1.54) is 23.3 Å². The average molecular weight is 332 g/mol. The number of benzene rings is 1. The molecule has 0 saturated heterocycles. The summed E-state index contributed by atoms with van der Waals surface area (Å²) in [5.74, 6) is -1.08. The fourth-order valence-electron chi connectivity index (χ4n) is 2.33. The van der Waals surface area contributed by atoms with Crippen molar-refractivity contribution in [3.8, 4) is 0 Å². The van der Waals surface area contributed by atoms with E-state index in [4.69, 9.17) is 4.42 Å². The van der Waals surface area contributed by atoms with Crippen LogP contribution in [0.5, 0.6) is 0 Å². The highest BCUT2D eigenvalue weighted by Crippen LogP contribution is 2.13. The minimum Gasteiger partial charge on any atom is -0.459 e. The first-order chi connectivity index (χ1) is 11.4. The number of hydrogen-bond donors (Lipinski definition) is 1. The molecular weight excluding hydrogens is 311 g/mol. The van der Waals surface area contributed by atoms with Crippen molar-refractivity contribution in [2.45, 2.75) is 26.4 Å². The molecule has 2 aromatic rings. The van der Waals surface area contributed by atoms with Crippen LogP contribution in [-0.4, -0.2) is 29.8 Å². The van der Waals surface area contributed by atoms with Crippen LogP contribution in [0, 0.1) is 11.7 Å². The highest BCUT2D eigenvalue weighted by atomic mass is 19.1. The molecule has 0 aliphatic heterocycles. The van der Waals surface area contributed by atoms with Crippen LogP contribution in [0.1, 0.15) is 30.0 Å². The largest absolute Gasteiger partial charge is 0.459 e. The van der Waals surface area contributed by atoms with Crippen LogP contribution in [0.2, 0.25) is 0 Å². The predicted molar refractivity (Wildman–Crippen MR) is 87.7 cm³/mol. The van der Waals surface area contributed by atoms with Gasteiger partial charge in [-0.1, -0.05) is 32.0 Å². The number of amides is 2. The van der Waals surface area contributed by atoms with Crippen molar-refractivity contribution in [1.29, 1.82) is 0 Å². The number of halogens is 1. The van der Waals surface area contributed by atoms with E-state index in [2.05, 4.69) is 5.32 Å². The Hall–Kier alpha value is -2.63. The van der Waals surface area contributed by atoms with Gasteiger partial charge in [0.05, 0.1) is 6.26 Å². The van der Waals surface area contributed by atoms with Crippen LogP contribution in [0.25, 0.3) is 0 Å². The number of nitrogens with one attached hydrogen (secondary N) is 1. The third-order valence-electron chi connectivity index (χ3n) is 3.71. The van der Waals surface area contributed by atoms with Crippen molar-refractivity contribution in [2.75, 3.05) is 7.05 Å². The summed E-state index contributed by atoms with van der Waals surface area (Å²) in [6.07, 6.45) is 1.39. The summed E-state index contributed by atoms with van der Waals surface area (Å²) < 4.78 is 18.8. The lowest BCUT2D eigenvalue weighted by Gasteiger charge is -2.27. The summed E-state index contributed by atoms with van der Waals surface area (Å²) >= 11 is 0. The summed E-state index contributed by atoms with van der Waals surface area (Å²) in [5.41, 5.74) is 0.424. The van der Waals surface area contributed by atoms with Gasteiger partial charge in [0.15, 0.2) is 5.76 Å². The van der Waals surface area contributed by atoms with Gasteiger partial charge in [-0.15, -0.1) is 0 Å². The molecule has 2 rings (SSSR count). The van der Waals surface area contributed by atoms with Crippen molar-refractivity contribution in [2.24, 2.45) is 5.92 Å². The molecule has 0 spiro atoms. The maximum absolute atomic E-state index is 13.7. The van der Waals surface area contributed by atoms with E-state index in [-0.39, 0.29) is 29.9 Å². The summed E-state index contributed by atoms with van der Waals surface area (Å²) in [7, 11) is 1.59. The van der Waals surface area contributed by atoms with Crippen LogP contribution in [-0.2, 0) is 11.3 Å². The number of rotatable bonds is 6. The van der Waals surface area contributed by atoms with Crippen LogP contribution < -0.4 is 5.32 Å². The molecule has 0 aliphatic rings.